The van der Waals surface area contributed by atoms with Crippen LogP contribution in [0.4, 0.5) is 0 Å². The van der Waals surface area contributed by atoms with E-state index in [1.54, 1.807) is 6.92 Å². The Kier molecular flexibility index (Phi) is 3.29. The predicted molar refractivity (Wildman–Crippen MR) is 53.9 cm³/mol. The van der Waals surface area contributed by atoms with Crippen LogP contribution in [0.5, 0.6) is 0 Å². The topological polar surface area (TPSA) is 52.0 Å². The Labute approximate surface area is 90.5 Å². The second-order valence-electron chi connectivity index (χ2n) is 2.87. The predicted octanol–water partition coefficient (Wildman–Crippen LogP) is 1.45. The Balaban J connectivity index is 3.39. The number of hydrogen-bond acceptors (Lipinski definition) is 3. The van der Waals surface area contributed by atoms with Gasteiger partial charge >= 0.3 is 0 Å². The van der Waals surface area contributed by atoms with Gasteiger partial charge < -0.3 is 0 Å². The number of carbonyl (C=O) groups is 1. The van der Waals surface area contributed by atoms with E-state index in [9.17, 15) is 9.59 Å². The van der Waals surface area contributed by atoms with Crippen molar-refractivity contribution in [3.63, 3.8) is 0 Å². The first-order chi connectivity index (χ1) is 6.43. The molecule has 0 aliphatic carbocycles. The minimum absolute atomic E-state index is 0.0351. The molecule has 1 aromatic heterocycles. The molecule has 0 amide bonds. The maximum absolute atomic E-state index is 11.4. The van der Waals surface area contributed by atoms with Gasteiger partial charge in [0.15, 0.2) is 5.15 Å². The lowest BCUT2D eigenvalue weighted by Gasteiger charge is -2.08. The van der Waals surface area contributed by atoms with Crippen LogP contribution < -0.4 is 5.56 Å². The van der Waals surface area contributed by atoms with Crippen LogP contribution in [-0.2, 0) is 11.3 Å². The second-order valence-corrected chi connectivity index (χ2v) is 3.59. The van der Waals surface area contributed by atoms with Gasteiger partial charge in [0, 0.05) is 0 Å². The average Bonchev–Trinajstić information content (AvgIpc) is 2.09. The molecule has 6 heteroatoms. The SMILES string of the molecule is CC(=O)Cn1c(C)c(Cl)nc(Cl)c1=O. The minimum Gasteiger partial charge on any atom is -0.300 e. The van der Waals surface area contributed by atoms with E-state index >= 15 is 0 Å². The van der Waals surface area contributed by atoms with Gasteiger partial charge in [0.2, 0.25) is 0 Å². The van der Waals surface area contributed by atoms with Crippen LogP contribution >= 0.6 is 23.2 Å². The molecule has 0 radical (unpaired) electrons. The van der Waals surface area contributed by atoms with E-state index in [4.69, 9.17) is 23.2 Å². The van der Waals surface area contributed by atoms with Gasteiger partial charge in [-0.15, -0.1) is 0 Å². The summed E-state index contributed by atoms with van der Waals surface area (Å²) in [6, 6.07) is 0. The number of aromatic nitrogens is 2. The Hall–Kier alpha value is -0.870. The van der Waals surface area contributed by atoms with Gasteiger partial charge in [-0.1, -0.05) is 23.2 Å². The molecule has 1 rings (SSSR count). The Morgan fingerprint density at radius 1 is 1.43 bits per heavy atom. The molecule has 0 aromatic carbocycles. The molecule has 0 fully saturated rings. The molecule has 0 saturated carbocycles. The number of Topliss-reactive ketones (excluding diaryl/α,β-unsaturated/α-hetero) is 1. The van der Waals surface area contributed by atoms with Crippen LogP contribution in [0.25, 0.3) is 0 Å². The fourth-order valence-electron chi connectivity index (χ4n) is 1.00. The molecule has 0 spiro atoms. The van der Waals surface area contributed by atoms with Gasteiger partial charge in [-0.25, -0.2) is 4.98 Å². The third kappa shape index (κ3) is 2.13. The number of hydrogen-bond donors (Lipinski definition) is 0. The first-order valence-corrected chi connectivity index (χ1v) is 4.61. The summed E-state index contributed by atoms with van der Waals surface area (Å²) >= 11 is 11.2. The zero-order valence-corrected chi connectivity index (χ0v) is 9.19. The van der Waals surface area contributed by atoms with Crippen LogP contribution in [0.15, 0.2) is 4.79 Å². The Bertz CT molecular complexity index is 440. The van der Waals surface area contributed by atoms with Crippen LogP contribution in [0.2, 0.25) is 10.3 Å². The van der Waals surface area contributed by atoms with E-state index in [0.29, 0.717) is 5.69 Å². The molecular weight excluding hydrogens is 227 g/mol. The lowest BCUT2D eigenvalue weighted by molar-refractivity contribution is -0.117. The Morgan fingerprint density at radius 2 is 2.00 bits per heavy atom. The highest BCUT2D eigenvalue weighted by Crippen LogP contribution is 2.12. The van der Waals surface area contributed by atoms with Gasteiger partial charge in [-0.3, -0.25) is 14.2 Å². The molecular formula is C8H8Cl2N2O2. The number of carbonyl (C=O) groups excluding carboxylic acids is 1. The third-order valence-electron chi connectivity index (χ3n) is 1.70. The average molecular weight is 235 g/mol. The van der Waals surface area contributed by atoms with Crippen LogP contribution in [0.1, 0.15) is 12.6 Å². The van der Waals surface area contributed by atoms with Gasteiger partial charge in [0.1, 0.15) is 10.9 Å². The van der Waals surface area contributed by atoms with E-state index in [1.165, 1.54) is 11.5 Å². The van der Waals surface area contributed by atoms with Gasteiger partial charge in [0.25, 0.3) is 5.56 Å². The zero-order chi connectivity index (χ0) is 10.9. The molecule has 4 nitrogen and oxygen atoms in total. The summed E-state index contributed by atoms with van der Waals surface area (Å²) in [4.78, 5) is 25.9. The molecule has 0 aliphatic heterocycles. The van der Waals surface area contributed by atoms with Crippen LogP contribution in [-0.4, -0.2) is 15.3 Å². The summed E-state index contributed by atoms with van der Waals surface area (Å²) in [5, 5.41) is -0.0855. The van der Waals surface area contributed by atoms with Crippen molar-refractivity contribution >= 4 is 29.0 Å². The quantitative estimate of drug-likeness (QED) is 0.779. The molecule has 0 bridgehead atoms. The first-order valence-electron chi connectivity index (χ1n) is 3.85. The van der Waals surface area contributed by atoms with E-state index in [-0.39, 0.29) is 22.6 Å². The van der Waals surface area contributed by atoms with Crippen molar-refractivity contribution in [2.24, 2.45) is 0 Å². The van der Waals surface area contributed by atoms with Gasteiger partial charge in [0.05, 0.1) is 12.2 Å². The summed E-state index contributed by atoms with van der Waals surface area (Å²) in [7, 11) is 0. The lowest BCUT2D eigenvalue weighted by atomic mass is 10.4. The summed E-state index contributed by atoms with van der Waals surface area (Å²) in [5.41, 5.74) is -0.0555. The number of nitrogens with zero attached hydrogens (tertiary/aromatic N) is 2. The molecule has 0 N–H and O–H groups in total. The normalized spacial score (nSPS) is 10.3. The van der Waals surface area contributed by atoms with Crippen LogP contribution in [0.3, 0.4) is 0 Å². The number of rotatable bonds is 2. The number of ketones is 1. The van der Waals surface area contributed by atoms with Crippen LogP contribution in [0, 0.1) is 6.92 Å². The van der Waals surface area contributed by atoms with Gasteiger partial charge in [-0.2, -0.15) is 0 Å². The molecule has 14 heavy (non-hydrogen) atoms. The van der Waals surface area contributed by atoms with Crippen molar-refractivity contribution in [2.45, 2.75) is 20.4 Å². The third-order valence-corrected chi connectivity index (χ3v) is 2.31. The zero-order valence-electron chi connectivity index (χ0n) is 7.67. The maximum atomic E-state index is 11.4. The van der Waals surface area contributed by atoms with Crippen molar-refractivity contribution in [2.75, 3.05) is 0 Å². The van der Waals surface area contributed by atoms with Crippen molar-refractivity contribution in [1.82, 2.24) is 9.55 Å². The lowest BCUT2D eigenvalue weighted by Crippen LogP contribution is -2.26. The van der Waals surface area contributed by atoms with E-state index in [2.05, 4.69) is 4.98 Å². The van der Waals surface area contributed by atoms with E-state index < -0.39 is 5.56 Å². The monoisotopic (exact) mass is 234 g/mol. The summed E-state index contributed by atoms with van der Waals surface area (Å²) in [6.45, 7) is 2.96. The molecule has 1 heterocycles. The summed E-state index contributed by atoms with van der Waals surface area (Å²) in [6.07, 6.45) is 0. The fourth-order valence-corrected chi connectivity index (χ4v) is 1.42. The summed E-state index contributed by atoms with van der Waals surface area (Å²) < 4.78 is 1.21. The maximum Gasteiger partial charge on any atom is 0.288 e. The largest absolute Gasteiger partial charge is 0.300 e. The smallest absolute Gasteiger partial charge is 0.288 e. The number of halogens is 2. The first kappa shape index (κ1) is 11.2. The minimum atomic E-state index is -0.497. The highest BCUT2D eigenvalue weighted by molar-refractivity contribution is 6.32. The second kappa shape index (κ2) is 4.11. The van der Waals surface area contributed by atoms with Crippen molar-refractivity contribution in [1.29, 1.82) is 0 Å². The van der Waals surface area contributed by atoms with E-state index in [1.807, 2.05) is 0 Å². The summed E-state index contributed by atoms with van der Waals surface area (Å²) in [5.74, 6) is -0.145. The van der Waals surface area contributed by atoms with Crippen molar-refractivity contribution < 1.29 is 4.79 Å². The Morgan fingerprint density at radius 3 is 2.50 bits per heavy atom. The molecule has 1 aromatic rings. The van der Waals surface area contributed by atoms with Crippen molar-refractivity contribution in [3.05, 3.63) is 26.4 Å². The molecule has 0 saturated heterocycles. The van der Waals surface area contributed by atoms with Gasteiger partial charge in [-0.05, 0) is 13.8 Å². The molecule has 76 valence electrons. The van der Waals surface area contributed by atoms with E-state index in [0.717, 1.165) is 0 Å². The molecule has 0 atom stereocenters. The highest BCUT2D eigenvalue weighted by Gasteiger charge is 2.11. The fraction of sp³-hybridized carbons (Fsp3) is 0.375. The molecule has 0 aliphatic rings. The highest BCUT2D eigenvalue weighted by atomic mass is 35.5. The standard InChI is InChI=1S/C8H8Cl2N2O2/c1-4(13)3-12-5(2)6(9)11-7(10)8(12)14/h3H2,1-2H3. The molecule has 0 unspecified atom stereocenters. The van der Waals surface area contributed by atoms with Crippen molar-refractivity contribution in [3.8, 4) is 0 Å².